The average Bonchev–Trinajstić information content (AvgIpc) is 2.26. The van der Waals surface area contributed by atoms with Gasteiger partial charge in [0.1, 0.15) is 0 Å². The van der Waals surface area contributed by atoms with Gasteiger partial charge in [0, 0.05) is 16.4 Å². The first kappa shape index (κ1) is 12.7. The number of halogens is 1. The van der Waals surface area contributed by atoms with Crippen LogP contribution in [0.15, 0.2) is 28.7 Å². The van der Waals surface area contributed by atoms with E-state index in [0.717, 1.165) is 10.0 Å². The first-order valence-electron chi connectivity index (χ1n) is 4.90. The summed E-state index contributed by atoms with van der Waals surface area (Å²) >= 11 is 3.48. The molecule has 84 valence electrons. The molecule has 0 bridgehead atoms. The number of nitrogens with zero attached hydrogens (tertiary/aromatic N) is 1. The van der Waals surface area contributed by atoms with Gasteiger partial charge in [-0.05, 0) is 11.6 Å². The van der Waals surface area contributed by atoms with E-state index in [1.54, 1.807) is 6.07 Å². The summed E-state index contributed by atoms with van der Waals surface area (Å²) in [5.74, 6) is -0.597. The number of carbonyl (C=O) groups excluding carboxylic acids is 1. The highest BCUT2D eigenvalue weighted by atomic mass is 79.9. The highest BCUT2D eigenvalue weighted by molar-refractivity contribution is 9.10. The molecule has 0 aliphatic carbocycles. The number of benzene rings is 1. The first-order valence-corrected chi connectivity index (χ1v) is 5.69. The van der Waals surface area contributed by atoms with Crippen molar-refractivity contribution < 1.29 is 4.79 Å². The van der Waals surface area contributed by atoms with Crippen LogP contribution in [0.25, 0.3) is 0 Å². The molecule has 1 N–H and O–H groups in total. The summed E-state index contributed by atoms with van der Waals surface area (Å²) < 4.78 is 1.01. The fraction of sp³-hybridized carbons (Fsp3) is 0.333. The summed E-state index contributed by atoms with van der Waals surface area (Å²) in [5.41, 5.74) is 0.889. The van der Waals surface area contributed by atoms with E-state index in [2.05, 4.69) is 21.2 Å². The lowest BCUT2D eigenvalue weighted by Gasteiger charge is -2.26. The Hall–Kier alpha value is -1.34. The van der Waals surface area contributed by atoms with Crippen LogP contribution in [0.1, 0.15) is 19.4 Å². The number of carbonyl (C=O) groups is 1. The smallest absolute Gasteiger partial charge is 0.322 e. The maximum atomic E-state index is 10.9. The van der Waals surface area contributed by atoms with E-state index >= 15 is 0 Å². The van der Waals surface area contributed by atoms with Gasteiger partial charge in [-0.3, -0.25) is 4.79 Å². The summed E-state index contributed by atoms with van der Waals surface area (Å²) in [6, 6.07) is 9.40. The van der Waals surface area contributed by atoms with Crippen LogP contribution in [0.2, 0.25) is 0 Å². The Kier molecular flexibility index (Phi) is 4.08. The molecule has 0 unspecified atom stereocenters. The lowest BCUT2D eigenvalue weighted by molar-refractivity contribution is -0.116. The molecule has 0 heterocycles. The van der Waals surface area contributed by atoms with Gasteiger partial charge in [0.15, 0.2) is 6.07 Å². The molecule has 1 rings (SSSR count). The number of amides is 1. The highest BCUT2D eigenvalue weighted by Crippen LogP contribution is 2.29. The van der Waals surface area contributed by atoms with Crippen LogP contribution in [0.3, 0.4) is 0 Å². The molecule has 3 nitrogen and oxygen atoms in total. The van der Waals surface area contributed by atoms with Crippen molar-refractivity contribution in [2.75, 3.05) is 6.54 Å². The van der Waals surface area contributed by atoms with E-state index in [9.17, 15) is 4.79 Å². The molecule has 0 fully saturated rings. The lowest BCUT2D eigenvalue weighted by Crippen LogP contribution is -2.36. The number of hydrogen-bond donors (Lipinski definition) is 1. The Balaban J connectivity index is 2.82. The Bertz CT molecular complexity index is 435. The van der Waals surface area contributed by atoms with Gasteiger partial charge in [-0.15, -0.1) is 0 Å². The van der Waals surface area contributed by atoms with Crippen LogP contribution in [-0.2, 0) is 10.2 Å². The Labute approximate surface area is 104 Å². The molecule has 0 saturated heterocycles. The molecule has 4 heteroatoms. The lowest BCUT2D eigenvalue weighted by atomic mass is 9.84. The van der Waals surface area contributed by atoms with E-state index in [1.165, 1.54) is 0 Å². The zero-order chi connectivity index (χ0) is 12.2. The SMILES string of the molecule is CC(C)(CNC(=O)C#N)c1ccccc1Br. The molecule has 0 radical (unpaired) electrons. The van der Waals surface area contributed by atoms with E-state index in [0.29, 0.717) is 6.54 Å². The summed E-state index contributed by atoms with van der Waals surface area (Å²) in [6.45, 7) is 4.47. The van der Waals surface area contributed by atoms with Crippen molar-refractivity contribution in [3.8, 4) is 6.07 Å². The van der Waals surface area contributed by atoms with Crippen LogP contribution < -0.4 is 5.32 Å². The summed E-state index contributed by atoms with van der Waals surface area (Å²) in [4.78, 5) is 10.9. The topological polar surface area (TPSA) is 52.9 Å². The zero-order valence-corrected chi connectivity index (χ0v) is 10.8. The number of hydrogen-bond acceptors (Lipinski definition) is 2. The normalized spacial score (nSPS) is 10.6. The molecule has 0 spiro atoms. The molecule has 0 atom stereocenters. The fourth-order valence-electron chi connectivity index (χ4n) is 1.45. The van der Waals surface area contributed by atoms with E-state index in [-0.39, 0.29) is 5.41 Å². The predicted octanol–water partition coefficient (Wildman–Crippen LogP) is 2.37. The highest BCUT2D eigenvalue weighted by Gasteiger charge is 2.23. The minimum Gasteiger partial charge on any atom is -0.343 e. The van der Waals surface area contributed by atoms with E-state index in [1.807, 2.05) is 38.1 Å². The molecule has 16 heavy (non-hydrogen) atoms. The Morgan fingerprint density at radius 3 is 2.69 bits per heavy atom. The zero-order valence-electron chi connectivity index (χ0n) is 9.25. The predicted molar refractivity (Wildman–Crippen MR) is 65.8 cm³/mol. The van der Waals surface area contributed by atoms with Crippen LogP contribution in [-0.4, -0.2) is 12.5 Å². The van der Waals surface area contributed by atoms with Crippen LogP contribution in [0.5, 0.6) is 0 Å². The second-order valence-electron chi connectivity index (χ2n) is 4.16. The van der Waals surface area contributed by atoms with Crippen LogP contribution >= 0.6 is 15.9 Å². The van der Waals surface area contributed by atoms with Crippen molar-refractivity contribution in [2.24, 2.45) is 0 Å². The average molecular weight is 281 g/mol. The molecule has 0 aliphatic rings. The van der Waals surface area contributed by atoms with Crippen molar-refractivity contribution in [1.29, 1.82) is 5.26 Å². The number of rotatable bonds is 3. The van der Waals surface area contributed by atoms with Gasteiger partial charge in [0.05, 0.1) is 0 Å². The Morgan fingerprint density at radius 2 is 2.12 bits per heavy atom. The van der Waals surface area contributed by atoms with Gasteiger partial charge in [-0.1, -0.05) is 48.0 Å². The standard InChI is InChI=1S/C12H13BrN2O/c1-12(2,8-15-11(16)7-14)9-5-3-4-6-10(9)13/h3-6H,8H2,1-2H3,(H,15,16). The fourth-order valence-corrected chi connectivity index (χ4v) is 2.27. The third kappa shape index (κ3) is 3.07. The number of nitrogens with one attached hydrogen (secondary N) is 1. The quantitative estimate of drug-likeness (QED) is 0.865. The van der Waals surface area contributed by atoms with Crippen LogP contribution in [0.4, 0.5) is 0 Å². The molecule has 0 aromatic heterocycles. The minimum absolute atomic E-state index is 0.216. The third-order valence-corrected chi connectivity index (χ3v) is 3.09. The van der Waals surface area contributed by atoms with Gasteiger partial charge in [0.25, 0.3) is 0 Å². The van der Waals surface area contributed by atoms with Crippen molar-refractivity contribution in [1.82, 2.24) is 5.32 Å². The van der Waals surface area contributed by atoms with E-state index < -0.39 is 5.91 Å². The molecular weight excluding hydrogens is 268 g/mol. The first-order chi connectivity index (χ1) is 7.47. The molecule has 1 amide bonds. The Morgan fingerprint density at radius 1 is 1.50 bits per heavy atom. The second-order valence-corrected chi connectivity index (χ2v) is 5.01. The van der Waals surface area contributed by atoms with Crippen molar-refractivity contribution in [2.45, 2.75) is 19.3 Å². The maximum Gasteiger partial charge on any atom is 0.322 e. The molecular formula is C12H13BrN2O. The molecule has 0 aliphatic heterocycles. The molecule has 0 saturated carbocycles. The molecule has 1 aromatic carbocycles. The molecule has 1 aromatic rings. The monoisotopic (exact) mass is 280 g/mol. The van der Waals surface area contributed by atoms with Gasteiger partial charge < -0.3 is 5.32 Å². The second kappa shape index (κ2) is 5.13. The number of nitriles is 1. The van der Waals surface area contributed by atoms with Crippen molar-refractivity contribution >= 4 is 21.8 Å². The summed E-state index contributed by atoms with van der Waals surface area (Å²) in [5, 5.41) is 11.0. The van der Waals surface area contributed by atoms with Gasteiger partial charge in [-0.2, -0.15) is 5.26 Å². The van der Waals surface area contributed by atoms with Gasteiger partial charge >= 0.3 is 5.91 Å². The van der Waals surface area contributed by atoms with Crippen LogP contribution in [0, 0.1) is 11.3 Å². The van der Waals surface area contributed by atoms with Gasteiger partial charge in [0.2, 0.25) is 0 Å². The third-order valence-electron chi connectivity index (χ3n) is 2.40. The van der Waals surface area contributed by atoms with Crippen molar-refractivity contribution in [3.05, 3.63) is 34.3 Å². The summed E-state index contributed by atoms with van der Waals surface area (Å²) in [7, 11) is 0. The maximum absolute atomic E-state index is 10.9. The van der Waals surface area contributed by atoms with E-state index in [4.69, 9.17) is 5.26 Å². The van der Waals surface area contributed by atoms with Gasteiger partial charge in [-0.25, -0.2) is 0 Å². The largest absolute Gasteiger partial charge is 0.343 e. The summed E-state index contributed by atoms with van der Waals surface area (Å²) in [6.07, 6.45) is 0. The minimum atomic E-state index is -0.597. The van der Waals surface area contributed by atoms with Crippen molar-refractivity contribution in [3.63, 3.8) is 0 Å².